The molecule has 0 spiro atoms. The molecule has 0 unspecified atom stereocenters. The predicted molar refractivity (Wildman–Crippen MR) is 95.3 cm³/mol. The molecule has 120 valence electrons. The number of carbonyl (C=O) groups excluding carboxylic acids is 1. The zero-order valence-electron chi connectivity index (χ0n) is 13.1. The van der Waals surface area contributed by atoms with E-state index in [1.54, 1.807) is 30.4 Å². The van der Waals surface area contributed by atoms with Gasteiger partial charge in [0.1, 0.15) is 11.3 Å². The highest BCUT2D eigenvalue weighted by Crippen LogP contribution is 2.30. The van der Waals surface area contributed by atoms with Crippen molar-refractivity contribution in [3.05, 3.63) is 50.3 Å². The molecule has 0 radical (unpaired) electrons. The van der Waals surface area contributed by atoms with Crippen LogP contribution in [0.1, 0.15) is 21.0 Å². The van der Waals surface area contributed by atoms with Gasteiger partial charge in [-0.2, -0.15) is 0 Å². The summed E-state index contributed by atoms with van der Waals surface area (Å²) in [5.41, 5.74) is 1.53. The molecule has 6 heteroatoms. The quantitative estimate of drug-likeness (QED) is 0.636. The van der Waals surface area contributed by atoms with E-state index in [0.717, 1.165) is 25.4 Å². The Morgan fingerprint density at radius 3 is 2.78 bits per heavy atom. The number of ether oxygens (including phenoxy) is 1. The van der Waals surface area contributed by atoms with Crippen molar-refractivity contribution in [2.24, 2.45) is 0 Å². The third-order valence-electron chi connectivity index (χ3n) is 3.71. The Kier molecular flexibility index (Phi) is 4.46. The van der Waals surface area contributed by atoms with Gasteiger partial charge in [0.2, 0.25) is 0 Å². The predicted octanol–water partition coefficient (Wildman–Crippen LogP) is 4.85. The van der Waals surface area contributed by atoms with Crippen LogP contribution in [0.2, 0.25) is 0 Å². The van der Waals surface area contributed by atoms with Gasteiger partial charge in [0.05, 0.1) is 17.4 Å². The number of benzene rings is 1. The molecular weight excluding hydrogens is 378 g/mol. The summed E-state index contributed by atoms with van der Waals surface area (Å²) in [4.78, 5) is 15.5. The van der Waals surface area contributed by atoms with Crippen molar-refractivity contribution in [2.45, 2.75) is 13.5 Å². The second-order valence-corrected chi connectivity index (χ2v) is 7.83. The Balaban J connectivity index is 1.89. The minimum Gasteiger partial charge on any atom is -0.497 e. The number of methoxy groups -OCH3 is 1. The van der Waals surface area contributed by atoms with E-state index in [1.165, 1.54) is 0 Å². The molecule has 1 aromatic carbocycles. The molecular formula is C17H16BrNO3S. The molecule has 0 bridgehead atoms. The molecule has 4 nitrogen and oxygen atoms in total. The van der Waals surface area contributed by atoms with Crippen molar-refractivity contribution in [1.29, 1.82) is 0 Å². The number of hydrogen-bond donors (Lipinski definition) is 0. The van der Waals surface area contributed by atoms with E-state index in [0.29, 0.717) is 17.9 Å². The molecule has 23 heavy (non-hydrogen) atoms. The minimum atomic E-state index is -0.123. The van der Waals surface area contributed by atoms with Crippen molar-refractivity contribution >= 4 is 44.1 Å². The van der Waals surface area contributed by atoms with Crippen LogP contribution in [0.5, 0.6) is 5.75 Å². The number of amides is 1. The standard InChI is InChI=1S/C17H16BrNO3S/c1-10-13-8-11(21-3)4-6-14(13)22-16(10)17(20)19(2)9-12-5-7-15(18)23-12/h4-8H,9H2,1-3H3. The number of carbonyl (C=O) groups is 1. The molecule has 2 aromatic heterocycles. The molecule has 3 aromatic rings. The molecule has 0 saturated carbocycles. The van der Waals surface area contributed by atoms with E-state index >= 15 is 0 Å². The first-order valence-corrected chi connectivity index (χ1v) is 8.67. The first-order valence-electron chi connectivity index (χ1n) is 7.06. The van der Waals surface area contributed by atoms with Gasteiger partial charge in [-0.25, -0.2) is 0 Å². The van der Waals surface area contributed by atoms with Gasteiger partial charge >= 0.3 is 0 Å². The maximum Gasteiger partial charge on any atom is 0.289 e. The molecule has 3 rings (SSSR count). The topological polar surface area (TPSA) is 42.7 Å². The lowest BCUT2D eigenvalue weighted by molar-refractivity contribution is 0.0756. The van der Waals surface area contributed by atoms with Gasteiger partial charge in [-0.15, -0.1) is 11.3 Å². The van der Waals surface area contributed by atoms with E-state index in [-0.39, 0.29) is 5.91 Å². The van der Waals surface area contributed by atoms with Crippen LogP contribution in [0.4, 0.5) is 0 Å². The lowest BCUT2D eigenvalue weighted by Gasteiger charge is -2.14. The number of furan rings is 1. The fourth-order valence-electron chi connectivity index (χ4n) is 2.45. The lowest BCUT2D eigenvalue weighted by atomic mass is 10.1. The average Bonchev–Trinajstić information content (AvgIpc) is 3.10. The second-order valence-electron chi connectivity index (χ2n) is 5.29. The molecule has 0 aliphatic carbocycles. The van der Waals surface area contributed by atoms with Crippen LogP contribution in [0.3, 0.4) is 0 Å². The van der Waals surface area contributed by atoms with Gasteiger partial charge in [0, 0.05) is 22.9 Å². The number of aryl methyl sites for hydroxylation is 1. The Morgan fingerprint density at radius 1 is 1.35 bits per heavy atom. The van der Waals surface area contributed by atoms with Crippen molar-refractivity contribution in [1.82, 2.24) is 4.90 Å². The molecule has 0 atom stereocenters. The third kappa shape index (κ3) is 3.14. The van der Waals surface area contributed by atoms with Crippen LogP contribution in [0.15, 0.2) is 38.5 Å². The van der Waals surface area contributed by atoms with Crippen molar-refractivity contribution in [3.8, 4) is 5.75 Å². The van der Waals surface area contributed by atoms with E-state index < -0.39 is 0 Å². The zero-order chi connectivity index (χ0) is 16.6. The number of nitrogens with zero attached hydrogens (tertiary/aromatic N) is 1. The Hall–Kier alpha value is -1.79. The molecule has 0 fully saturated rings. The summed E-state index contributed by atoms with van der Waals surface area (Å²) in [7, 11) is 3.40. The van der Waals surface area contributed by atoms with Gasteiger partial charge in [-0.3, -0.25) is 4.79 Å². The number of rotatable bonds is 4. The van der Waals surface area contributed by atoms with E-state index in [2.05, 4.69) is 15.9 Å². The minimum absolute atomic E-state index is 0.123. The van der Waals surface area contributed by atoms with Crippen LogP contribution in [0, 0.1) is 6.92 Å². The molecule has 0 saturated heterocycles. The zero-order valence-corrected chi connectivity index (χ0v) is 15.5. The summed E-state index contributed by atoms with van der Waals surface area (Å²) in [6.07, 6.45) is 0. The second kappa shape index (κ2) is 6.37. The van der Waals surface area contributed by atoms with Crippen LogP contribution in [-0.2, 0) is 6.54 Å². The van der Waals surface area contributed by atoms with Crippen molar-refractivity contribution in [3.63, 3.8) is 0 Å². The first kappa shape index (κ1) is 16.1. The van der Waals surface area contributed by atoms with Crippen LogP contribution in [-0.4, -0.2) is 25.0 Å². The van der Waals surface area contributed by atoms with E-state index in [1.807, 2.05) is 37.3 Å². The summed E-state index contributed by atoms with van der Waals surface area (Å²) in [5.74, 6) is 1.01. The first-order chi connectivity index (χ1) is 11.0. The fraction of sp³-hybridized carbons (Fsp3) is 0.235. The van der Waals surface area contributed by atoms with Crippen LogP contribution >= 0.6 is 27.3 Å². The Labute approximate surface area is 146 Å². The number of thiophene rings is 1. The molecule has 1 amide bonds. The highest BCUT2D eigenvalue weighted by atomic mass is 79.9. The van der Waals surface area contributed by atoms with Crippen LogP contribution in [0.25, 0.3) is 11.0 Å². The average molecular weight is 394 g/mol. The van der Waals surface area contributed by atoms with Gasteiger partial charge < -0.3 is 14.1 Å². The summed E-state index contributed by atoms with van der Waals surface area (Å²) in [5, 5.41) is 0.903. The summed E-state index contributed by atoms with van der Waals surface area (Å²) in [6.45, 7) is 2.45. The maximum atomic E-state index is 12.7. The molecule has 0 N–H and O–H groups in total. The highest BCUT2D eigenvalue weighted by Gasteiger charge is 2.21. The fourth-order valence-corrected chi connectivity index (χ4v) is 3.98. The number of halogens is 1. The normalized spacial score (nSPS) is 11.0. The molecule has 0 aliphatic rings. The van der Waals surface area contributed by atoms with Gasteiger partial charge in [0.15, 0.2) is 5.76 Å². The third-order valence-corrected chi connectivity index (χ3v) is 5.31. The monoisotopic (exact) mass is 393 g/mol. The molecule has 2 heterocycles. The summed E-state index contributed by atoms with van der Waals surface area (Å²) >= 11 is 5.06. The smallest absolute Gasteiger partial charge is 0.289 e. The van der Waals surface area contributed by atoms with Crippen molar-refractivity contribution in [2.75, 3.05) is 14.2 Å². The summed E-state index contributed by atoms with van der Waals surface area (Å²) < 4.78 is 12.1. The highest BCUT2D eigenvalue weighted by molar-refractivity contribution is 9.11. The Bertz CT molecular complexity index is 868. The van der Waals surface area contributed by atoms with Gasteiger partial charge in [0.25, 0.3) is 5.91 Å². The Morgan fingerprint density at radius 2 is 2.13 bits per heavy atom. The van der Waals surface area contributed by atoms with E-state index in [4.69, 9.17) is 9.15 Å². The number of hydrogen-bond acceptors (Lipinski definition) is 4. The largest absolute Gasteiger partial charge is 0.497 e. The van der Waals surface area contributed by atoms with Crippen LogP contribution < -0.4 is 4.74 Å². The van der Waals surface area contributed by atoms with Crippen molar-refractivity contribution < 1.29 is 13.9 Å². The SMILES string of the molecule is COc1ccc2oc(C(=O)N(C)Cc3ccc(Br)s3)c(C)c2c1. The van der Waals surface area contributed by atoms with Gasteiger partial charge in [-0.1, -0.05) is 0 Å². The number of fused-ring (bicyclic) bond motifs is 1. The molecule has 0 aliphatic heterocycles. The summed E-state index contributed by atoms with van der Waals surface area (Å²) in [6, 6.07) is 9.54. The lowest BCUT2D eigenvalue weighted by Crippen LogP contribution is -2.25. The van der Waals surface area contributed by atoms with E-state index in [9.17, 15) is 4.79 Å². The maximum absolute atomic E-state index is 12.7. The van der Waals surface area contributed by atoms with Gasteiger partial charge in [-0.05, 0) is 53.2 Å².